The summed E-state index contributed by atoms with van der Waals surface area (Å²) < 4.78 is 2.01. The van der Waals surface area contributed by atoms with Gasteiger partial charge in [0, 0.05) is 5.69 Å². The molecule has 3 rings (SSSR count). The zero-order chi connectivity index (χ0) is 18.7. The number of rotatable bonds is 4. The molecule has 0 unspecified atom stereocenters. The summed E-state index contributed by atoms with van der Waals surface area (Å²) in [7, 11) is 0. The number of thiocarbonyl (C=S) groups is 1. The molecule has 0 aliphatic carbocycles. The molecule has 134 valence electrons. The predicted octanol–water partition coefficient (Wildman–Crippen LogP) is 4.97. The summed E-state index contributed by atoms with van der Waals surface area (Å²) in [4.78, 5) is 0. The summed E-state index contributed by atoms with van der Waals surface area (Å²) >= 11 is 5.47. The van der Waals surface area contributed by atoms with Crippen LogP contribution in [0.25, 0.3) is 0 Å². The second-order valence-corrected chi connectivity index (χ2v) is 7.05. The molecule has 0 spiro atoms. The van der Waals surface area contributed by atoms with Gasteiger partial charge in [0.15, 0.2) is 5.11 Å². The third-order valence-electron chi connectivity index (χ3n) is 4.35. The van der Waals surface area contributed by atoms with Crippen LogP contribution >= 0.6 is 12.2 Å². The van der Waals surface area contributed by atoms with E-state index in [0.717, 1.165) is 29.3 Å². The van der Waals surface area contributed by atoms with E-state index in [9.17, 15) is 0 Å². The summed E-state index contributed by atoms with van der Waals surface area (Å²) in [5.74, 6) is 0. The second-order valence-electron chi connectivity index (χ2n) is 6.64. The highest BCUT2D eigenvalue weighted by Gasteiger charge is 2.13. The third-order valence-corrected chi connectivity index (χ3v) is 4.55. The first kappa shape index (κ1) is 18.1. The van der Waals surface area contributed by atoms with Gasteiger partial charge in [-0.15, -0.1) is 0 Å². The third kappa shape index (κ3) is 4.29. The largest absolute Gasteiger partial charge is 0.332 e. The molecule has 2 aromatic carbocycles. The topological polar surface area (TPSA) is 41.9 Å². The Hall–Kier alpha value is -2.66. The van der Waals surface area contributed by atoms with Crippen LogP contribution in [0.1, 0.15) is 28.1 Å². The highest BCUT2D eigenvalue weighted by Crippen LogP contribution is 2.21. The van der Waals surface area contributed by atoms with Gasteiger partial charge in [0.05, 0.1) is 23.6 Å². The minimum absolute atomic E-state index is 0.566. The Morgan fingerprint density at radius 3 is 2.38 bits per heavy atom. The van der Waals surface area contributed by atoms with Gasteiger partial charge in [-0.2, -0.15) is 5.10 Å². The van der Waals surface area contributed by atoms with Crippen LogP contribution in [0, 0.1) is 27.7 Å². The van der Waals surface area contributed by atoms with Crippen molar-refractivity contribution in [2.24, 2.45) is 0 Å². The Labute approximate surface area is 160 Å². The molecule has 0 atom stereocenters. The number of hydrogen-bond acceptors (Lipinski definition) is 2. The maximum atomic E-state index is 5.47. The van der Waals surface area contributed by atoms with Crippen molar-refractivity contribution in [3.63, 3.8) is 0 Å². The van der Waals surface area contributed by atoms with Crippen molar-refractivity contribution in [3.05, 3.63) is 76.6 Å². The average molecular weight is 365 g/mol. The van der Waals surface area contributed by atoms with Crippen molar-refractivity contribution in [2.75, 3.05) is 10.6 Å². The Balaban J connectivity index is 1.73. The lowest BCUT2D eigenvalue weighted by Gasteiger charge is -2.12. The number of nitrogens with zero attached hydrogens (tertiary/aromatic N) is 2. The van der Waals surface area contributed by atoms with Crippen molar-refractivity contribution in [2.45, 2.75) is 34.2 Å². The molecule has 0 radical (unpaired) electrons. The number of nitrogens with one attached hydrogen (secondary N) is 2. The molecule has 0 amide bonds. The van der Waals surface area contributed by atoms with Gasteiger partial charge in [-0.3, -0.25) is 4.68 Å². The van der Waals surface area contributed by atoms with E-state index in [4.69, 9.17) is 12.2 Å². The number of aryl methyl sites for hydroxylation is 3. The van der Waals surface area contributed by atoms with Crippen LogP contribution in [0.3, 0.4) is 0 Å². The van der Waals surface area contributed by atoms with E-state index in [1.54, 1.807) is 0 Å². The highest BCUT2D eigenvalue weighted by molar-refractivity contribution is 7.80. The number of hydrogen-bond donors (Lipinski definition) is 2. The Kier molecular flexibility index (Phi) is 5.38. The van der Waals surface area contributed by atoms with E-state index in [0.29, 0.717) is 5.11 Å². The molecule has 5 heteroatoms. The minimum Gasteiger partial charge on any atom is -0.332 e. The Bertz CT molecular complexity index is 926. The van der Waals surface area contributed by atoms with Gasteiger partial charge in [0.1, 0.15) is 0 Å². The van der Waals surface area contributed by atoms with E-state index < -0.39 is 0 Å². The summed E-state index contributed by atoms with van der Waals surface area (Å²) in [6.45, 7) is 8.96. The number of anilines is 2. The SMILES string of the molecule is Cc1ccc(Cn2nc(C)c(NC(=S)Nc3cccc(C)c3)c2C)cc1. The van der Waals surface area contributed by atoms with Crippen molar-refractivity contribution in [3.8, 4) is 0 Å². The second kappa shape index (κ2) is 7.70. The van der Waals surface area contributed by atoms with Crippen LogP contribution in [0.2, 0.25) is 0 Å². The molecule has 2 N–H and O–H groups in total. The molecule has 0 fully saturated rings. The lowest BCUT2D eigenvalue weighted by atomic mass is 10.1. The van der Waals surface area contributed by atoms with Crippen molar-refractivity contribution in [1.29, 1.82) is 0 Å². The van der Waals surface area contributed by atoms with Crippen LogP contribution in [0.4, 0.5) is 11.4 Å². The summed E-state index contributed by atoms with van der Waals surface area (Å²) in [5.41, 5.74) is 7.62. The zero-order valence-electron chi connectivity index (χ0n) is 15.6. The van der Waals surface area contributed by atoms with Crippen LogP contribution in [0.5, 0.6) is 0 Å². The van der Waals surface area contributed by atoms with Gasteiger partial charge in [0.25, 0.3) is 0 Å². The fraction of sp³-hybridized carbons (Fsp3) is 0.238. The van der Waals surface area contributed by atoms with Crippen LogP contribution < -0.4 is 10.6 Å². The van der Waals surface area contributed by atoms with Gasteiger partial charge in [-0.1, -0.05) is 42.0 Å². The molecule has 0 saturated heterocycles. The van der Waals surface area contributed by atoms with Crippen LogP contribution in [-0.4, -0.2) is 14.9 Å². The lowest BCUT2D eigenvalue weighted by Crippen LogP contribution is -2.20. The average Bonchev–Trinajstić information content (AvgIpc) is 2.84. The first-order chi connectivity index (χ1) is 12.4. The smallest absolute Gasteiger partial charge is 0.175 e. The van der Waals surface area contributed by atoms with Gasteiger partial charge in [-0.25, -0.2) is 0 Å². The van der Waals surface area contributed by atoms with Crippen molar-refractivity contribution in [1.82, 2.24) is 9.78 Å². The molecule has 1 heterocycles. The zero-order valence-corrected chi connectivity index (χ0v) is 16.4. The maximum absolute atomic E-state index is 5.47. The lowest BCUT2D eigenvalue weighted by molar-refractivity contribution is 0.659. The molecular formula is C21H24N4S. The molecule has 0 aliphatic heterocycles. The van der Waals surface area contributed by atoms with E-state index in [-0.39, 0.29) is 0 Å². The summed E-state index contributed by atoms with van der Waals surface area (Å²) in [6.07, 6.45) is 0. The normalized spacial score (nSPS) is 10.6. The predicted molar refractivity (Wildman–Crippen MR) is 113 cm³/mol. The molecular weight excluding hydrogens is 340 g/mol. The molecule has 3 aromatic rings. The molecule has 26 heavy (non-hydrogen) atoms. The first-order valence-electron chi connectivity index (χ1n) is 8.66. The molecule has 1 aromatic heterocycles. The van der Waals surface area contributed by atoms with E-state index in [2.05, 4.69) is 72.9 Å². The summed E-state index contributed by atoms with van der Waals surface area (Å²) in [5, 5.41) is 11.8. The van der Waals surface area contributed by atoms with Crippen LogP contribution in [-0.2, 0) is 6.54 Å². The Morgan fingerprint density at radius 2 is 1.69 bits per heavy atom. The van der Waals surface area contributed by atoms with Crippen LogP contribution in [0.15, 0.2) is 48.5 Å². The van der Waals surface area contributed by atoms with Crippen molar-refractivity contribution >= 4 is 28.7 Å². The monoisotopic (exact) mass is 364 g/mol. The number of benzene rings is 2. The fourth-order valence-corrected chi connectivity index (χ4v) is 3.12. The summed E-state index contributed by atoms with van der Waals surface area (Å²) in [6, 6.07) is 16.7. The first-order valence-corrected chi connectivity index (χ1v) is 9.07. The van der Waals surface area contributed by atoms with E-state index in [1.165, 1.54) is 16.7 Å². The maximum Gasteiger partial charge on any atom is 0.175 e. The van der Waals surface area contributed by atoms with Gasteiger partial charge < -0.3 is 10.6 Å². The Morgan fingerprint density at radius 1 is 0.962 bits per heavy atom. The van der Waals surface area contributed by atoms with Gasteiger partial charge in [0.2, 0.25) is 0 Å². The minimum atomic E-state index is 0.566. The van der Waals surface area contributed by atoms with Crippen molar-refractivity contribution < 1.29 is 0 Å². The number of aromatic nitrogens is 2. The quantitative estimate of drug-likeness (QED) is 0.641. The molecule has 4 nitrogen and oxygen atoms in total. The van der Waals surface area contributed by atoms with Gasteiger partial charge >= 0.3 is 0 Å². The highest BCUT2D eigenvalue weighted by atomic mass is 32.1. The van der Waals surface area contributed by atoms with Gasteiger partial charge in [-0.05, 0) is 63.2 Å². The van der Waals surface area contributed by atoms with E-state index >= 15 is 0 Å². The molecule has 0 bridgehead atoms. The fourth-order valence-electron chi connectivity index (χ4n) is 2.90. The standard InChI is InChI=1S/C21H24N4S/c1-14-8-10-18(11-9-14)13-25-17(4)20(16(3)24-25)23-21(26)22-19-7-5-6-15(2)12-19/h5-12H,13H2,1-4H3,(H2,22,23,26). The van der Waals surface area contributed by atoms with E-state index in [1.807, 2.05) is 23.7 Å². The molecule has 0 aliphatic rings. The molecule has 0 saturated carbocycles.